The maximum atomic E-state index is 10.9. The molecule has 1 aromatic heterocycles. The van der Waals surface area contributed by atoms with E-state index in [1.54, 1.807) is 12.4 Å². The van der Waals surface area contributed by atoms with Crippen molar-refractivity contribution in [2.24, 2.45) is 5.92 Å². The van der Waals surface area contributed by atoms with Crippen LogP contribution < -0.4 is 4.74 Å². The first kappa shape index (κ1) is 16.2. The number of aromatic nitrogens is 1. The van der Waals surface area contributed by atoms with Crippen LogP contribution >= 0.6 is 0 Å². The van der Waals surface area contributed by atoms with Gasteiger partial charge in [0.25, 0.3) is 0 Å². The van der Waals surface area contributed by atoms with E-state index in [1.165, 1.54) is 0 Å². The molecule has 0 aromatic carbocycles. The van der Waals surface area contributed by atoms with Gasteiger partial charge in [-0.1, -0.05) is 6.92 Å². The molecule has 1 unspecified atom stereocenters. The maximum Gasteiger partial charge on any atom is 0.137 e. The molecule has 1 aliphatic rings. The molecule has 1 aliphatic carbocycles. The summed E-state index contributed by atoms with van der Waals surface area (Å²) in [5.74, 6) is 1.41. The predicted molar refractivity (Wildman–Crippen MR) is 82.4 cm³/mol. The minimum Gasteiger partial charge on any atom is -0.492 e. The molecule has 0 saturated heterocycles. The Kier molecular flexibility index (Phi) is 5.59. The van der Waals surface area contributed by atoms with Crippen molar-refractivity contribution in [1.29, 1.82) is 0 Å². The van der Waals surface area contributed by atoms with E-state index in [2.05, 4.69) is 11.9 Å². The van der Waals surface area contributed by atoms with Gasteiger partial charge in [0.1, 0.15) is 11.9 Å². The van der Waals surface area contributed by atoms with Crippen LogP contribution in [0.2, 0.25) is 0 Å². The third kappa shape index (κ3) is 3.74. The Morgan fingerprint density at radius 2 is 2.00 bits per heavy atom. The summed E-state index contributed by atoms with van der Waals surface area (Å²) in [5, 5.41) is 10.9. The largest absolute Gasteiger partial charge is 0.492 e. The highest BCUT2D eigenvalue weighted by molar-refractivity contribution is 5.27. The van der Waals surface area contributed by atoms with Gasteiger partial charge < -0.3 is 14.6 Å². The fraction of sp³-hybridized carbons (Fsp3) is 0.706. The van der Waals surface area contributed by atoms with Gasteiger partial charge in [-0.05, 0) is 51.5 Å². The summed E-state index contributed by atoms with van der Waals surface area (Å²) in [7, 11) is 0. The Morgan fingerprint density at radius 3 is 2.62 bits per heavy atom. The van der Waals surface area contributed by atoms with Crippen LogP contribution in [0, 0.1) is 5.92 Å². The summed E-state index contributed by atoms with van der Waals surface area (Å²) in [6.07, 6.45) is 6.70. The summed E-state index contributed by atoms with van der Waals surface area (Å²) in [5.41, 5.74) is 0.303. The third-order valence-corrected chi connectivity index (χ3v) is 4.41. The van der Waals surface area contributed by atoms with Gasteiger partial charge in [0.2, 0.25) is 0 Å². The van der Waals surface area contributed by atoms with E-state index in [4.69, 9.17) is 9.47 Å². The summed E-state index contributed by atoms with van der Waals surface area (Å²) in [6.45, 7) is 7.40. The highest BCUT2D eigenvalue weighted by Crippen LogP contribution is 2.43. The monoisotopic (exact) mass is 293 g/mol. The van der Waals surface area contributed by atoms with Crippen LogP contribution in [-0.4, -0.2) is 28.9 Å². The molecule has 118 valence electrons. The predicted octanol–water partition coefficient (Wildman–Crippen LogP) is 3.50. The molecular weight excluding hydrogens is 266 g/mol. The van der Waals surface area contributed by atoms with E-state index in [0.717, 1.165) is 31.2 Å². The van der Waals surface area contributed by atoms with Gasteiger partial charge in [-0.15, -0.1) is 0 Å². The van der Waals surface area contributed by atoms with Gasteiger partial charge in [0.15, 0.2) is 0 Å². The SMILES string of the molecule is CCOc1cncc(C(O)C2(OCC)CCC(C)CC2)c1. The van der Waals surface area contributed by atoms with Crippen LogP contribution in [0.4, 0.5) is 0 Å². The van der Waals surface area contributed by atoms with E-state index in [0.29, 0.717) is 24.9 Å². The van der Waals surface area contributed by atoms with Crippen molar-refractivity contribution in [1.82, 2.24) is 4.98 Å². The molecule has 1 N–H and O–H groups in total. The van der Waals surface area contributed by atoms with Crippen LogP contribution in [0.5, 0.6) is 5.75 Å². The van der Waals surface area contributed by atoms with Crippen LogP contribution in [-0.2, 0) is 4.74 Å². The van der Waals surface area contributed by atoms with Gasteiger partial charge in [-0.25, -0.2) is 0 Å². The Morgan fingerprint density at radius 1 is 1.29 bits per heavy atom. The Bertz CT molecular complexity index is 441. The molecule has 1 saturated carbocycles. The van der Waals surface area contributed by atoms with Crippen LogP contribution in [0.3, 0.4) is 0 Å². The second kappa shape index (κ2) is 7.23. The van der Waals surface area contributed by atoms with Crippen molar-refractivity contribution in [2.45, 2.75) is 58.2 Å². The lowest BCUT2D eigenvalue weighted by atomic mass is 9.75. The fourth-order valence-electron chi connectivity index (χ4n) is 3.17. The van der Waals surface area contributed by atoms with Crippen molar-refractivity contribution in [3.8, 4) is 5.75 Å². The lowest BCUT2D eigenvalue weighted by Crippen LogP contribution is -2.42. The lowest BCUT2D eigenvalue weighted by Gasteiger charge is -2.42. The molecule has 0 bridgehead atoms. The fourth-order valence-corrected chi connectivity index (χ4v) is 3.17. The summed E-state index contributed by atoms with van der Waals surface area (Å²) in [4.78, 5) is 4.18. The molecule has 0 spiro atoms. The highest BCUT2D eigenvalue weighted by atomic mass is 16.5. The van der Waals surface area contributed by atoms with Gasteiger partial charge in [0.05, 0.1) is 18.4 Å². The number of nitrogens with zero attached hydrogens (tertiary/aromatic N) is 1. The second-order valence-electron chi connectivity index (χ2n) is 5.97. The van der Waals surface area contributed by atoms with Crippen LogP contribution in [0.25, 0.3) is 0 Å². The van der Waals surface area contributed by atoms with Crippen molar-refractivity contribution in [3.05, 3.63) is 24.0 Å². The summed E-state index contributed by atoms with van der Waals surface area (Å²) >= 11 is 0. The first-order chi connectivity index (χ1) is 10.1. The minimum atomic E-state index is -0.655. The molecule has 1 heterocycles. The van der Waals surface area contributed by atoms with E-state index in [-0.39, 0.29) is 0 Å². The number of hydrogen-bond donors (Lipinski definition) is 1. The van der Waals surface area contributed by atoms with E-state index < -0.39 is 11.7 Å². The molecule has 2 rings (SSSR count). The molecule has 1 atom stereocenters. The zero-order valence-corrected chi connectivity index (χ0v) is 13.3. The average Bonchev–Trinajstić information content (AvgIpc) is 2.50. The normalized spacial score (nSPS) is 27.3. The van der Waals surface area contributed by atoms with Gasteiger partial charge in [-0.3, -0.25) is 4.98 Å². The van der Waals surface area contributed by atoms with E-state index in [1.807, 2.05) is 19.9 Å². The number of aliphatic hydroxyl groups is 1. The maximum absolute atomic E-state index is 10.9. The van der Waals surface area contributed by atoms with Crippen LogP contribution in [0.1, 0.15) is 58.1 Å². The van der Waals surface area contributed by atoms with E-state index in [9.17, 15) is 5.11 Å². The number of ether oxygens (including phenoxy) is 2. The van der Waals surface area contributed by atoms with Crippen LogP contribution in [0.15, 0.2) is 18.5 Å². The van der Waals surface area contributed by atoms with Gasteiger partial charge >= 0.3 is 0 Å². The molecule has 4 nitrogen and oxygen atoms in total. The molecular formula is C17H27NO3. The second-order valence-corrected chi connectivity index (χ2v) is 5.97. The van der Waals surface area contributed by atoms with Gasteiger partial charge in [-0.2, -0.15) is 0 Å². The first-order valence-electron chi connectivity index (χ1n) is 8.01. The Hall–Kier alpha value is -1.13. The molecule has 4 heteroatoms. The van der Waals surface area contributed by atoms with Crippen molar-refractivity contribution in [2.75, 3.05) is 13.2 Å². The average molecular weight is 293 g/mol. The number of pyridine rings is 1. The lowest BCUT2D eigenvalue weighted by molar-refractivity contribution is -0.146. The number of aliphatic hydroxyl groups excluding tert-OH is 1. The Balaban J connectivity index is 2.21. The third-order valence-electron chi connectivity index (χ3n) is 4.41. The summed E-state index contributed by atoms with van der Waals surface area (Å²) in [6, 6.07) is 1.87. The molecule has 1 fully saturated rings. The molecule has 0 amide bonds. The quantitative estimate of drug-likeness (QED) is 0.872. The number of hydrogen-bond acceptors (Lipinski definition) is 4. The zero-order chi connectivity index (χ0) is 15.3. The zero-order valence-electron chi connectivity index (χ0n) is 13.3. The smallest absolute Gasteiger partial charge is 0.137 e. The standard InChI is InChI=1S/C17H27NO3/c1-4-20-15-10-14(11-18-12-15)16(19)17(21-5-2)8-6-13(3)7-9-17/h10-13,16,19H,4-9H2,1-3H3. The molecule has 1 aromatic rings. The summed E-state index contributed by atoms with van der Waals surface area (Å²) < 4.78 is 11.5. The number of rotatable bonds is 6. The van der Waals surface area contributed by atoms with E-state index >= 15 is 0 Å². The van der Waals surface area contributed by atoms with Crippen molar-refractivity contribution >= 4 is 0 Å². The molecule has 21 heavy (non-hydrogen) atoms. The van der Waals surface area contributed by atoms with Gasteiger partial charge in [0, 0.05) is 18.4 Å². The molecule has 0 radical (unpaired) electrons. The minimum absolute atomic E-state index is 0.478. The Labute approximate surface area is 127 Å². The van der Waals surface area contributed by atoms with Crippen molar-refractivity contribution < 1.29 is 14.6 Å². The first-order valence-corrected chi connectivity index (χ1v) is 8.01. The van der Waals surface area contributed by atoms with Crippen molar-refractivity contribution in [3.63, 3.8) is 0 Å². The molecule has 0 aliphatic heterocycles. The highest BCUT2D eigenvalue weighted by Gasteiger charge is 2.42. The topological polar surface area (TPSA) is 51.6 Å².